The van der Waals surface area contributed by atoms with E-state index in [1.165, 1.54) is 0 Å². The van der Waals surface area contributed by atoms with Crippen molar-refractivity contribution in [3.8, 4) is 5.75 Å². The van der Waals surface area contributed by atoms with Crippen LogP contribution in [0.5, 0.6) is 5.75 Å². The van der Waals surface area contributed by atoms with Crippen LogP contribution in [0.15, 0.2) is 36.4 Å². The average Bonchev–Trinajstić information content (AvgIpc) is 2.29. The lowest BCUT2D eigenvalue weighted by atomic mass is 9.99. The standard InChI is InChI=1S/C12H14N2O/c13-7-11(14)9-5-6-12(15)10-4-2-1-3-8(9)10/h1-6,11,15H,7,13-14H2/t11-/m1/s1. The van der Waals surface area contributed by atoms with Gasteiger partial charge in [-0.15, -0.1) is 0 Å². The number of hydrogen-bond acceptors (Lipinski definition) is 3. The van der Waals surface area contributed by atoms with Crippen molar-refractivity contribution >= 4 is 10.8 Å². The molecule has 0 aliphatic carbocycles. The maximum Gasteiger partial charge on any atom is 0.123 e. The molecular formula is C12H14N2O. The van der Waals surface area contributed by atoms with Crippen LogP contribution in [0.1, 0.15) is 11.6 Å². The van der Waals surface area contributed by atoms with Crippen LogP contribution in [-0.2, 0) is 0 Å². The highest BCUT2D eigenvalue weighted by Gasteiger charge is 2.09. The summed E-state index contributed by atoms with van der Waals surface area (Å²) in [4.78, 5) is 0. The van der Waals surface area contributed by atoms with Crippen molar-refractivity contribution < 1.29 is 5.11 Å². The van der Waals surface area contributed by atoms with E-state index >= 15 is 0 Å². The van der Waals surface area contributed by atoms with Gasteiger partial charge in [-0.2, -0.15) is 0 Å². The Bertz CT molecular complexity index is 482. The second kappa shape index (κ2) is 3.88. The highest BCUT2D eigenvalue weighted by Crippen LogP contribution is 2.29. The van der Waals surface area contributed by atoms with E-state index < -0.39 is 0 Å². The quantitative estimate of drug-likeness (QED) is 0.691. The molecule has 5 N–H and O–H groups in total. The summed E-state index contributed by atoms with van der Waals surface area (Å²) in [7, 11) is 0. The third-order valence-electron chi connectivity index (χ3n) is 2.59. The van der Waals surface area contributed by atoms with Crippen molar-refractivity contribution in [2.24, 2.45) is 11.5 Å². The molecule has 0 aromatic heterocycles. The summed E-state index contributed by atoms with van der Waals surface area (Å²) < 4.78 is 0. The molecule has 0 saturated carbocycles. The summed E-state index contributed by atoms with van der Waals surface area (Å²) >= 11 is 0. The summed E-state index contributed by atoms with van der Waals surface area (Å²) in [6.45, 7) is 0.398. The lowest BCUT2D eigenvalue weighted by Crippen LogP contribution is -2.20. The largest absolute Gasteiger partial charge is 0.507 e. The minimum absolute atomic E-state index is 0.185. The summed E-state index contributed by atoms with van der Waals surface area (Å²) in [5.74, 6) is 0.276. The number of hydrogen-bond donors (Lipinski definition) is 3. The first-order valence-corrected chi connectivity index (χ1v) is 4.90. The zero-order valence-corrected chi connectivity index (χ0v) is 8.35. The topological polar surface area (TPSA) is 72.3 Å². The van der Waals surface area contributed by atoms with Crippen molar-refractivity contribution in [1.29, 1.82) is 0 Å². The molecule has 1 atom stereocenters. The van der Waals surface area contributed by atoms with Crippen molar-refractivity contribution in [3.05, 3.63) is 42.0 Å². The molecule has 3 nitrogen and oxygen atoms in total. The van der Waals surface area contributed by atoms with E-state index in [2.05, 4.69) is 0 Å². The van der Waals surface area contributed by atoms with Gasteiger partial charge in [-0.1, -0.05) is 30.3 Å². The maximum absolute atomic E-state index is 9.68. The number of rotatable bonds is 2. The third kappa shape index (κ3) is 1.67. The molecule has 0 heterocycles. The highest BCUT2D eigenvalue weighted by molar-refractivity contribution is 5.91. The smallest absolute Gasteiger partial charge is 0.123 e. The molecule has 2 aromatic carbocycles. The van der Waals surface area contributed by atoms with Crippen LogP contribution >= 0.6 is 0 Å². The van der Waals surface area contributed by atoms with Gasteiger partial charge in [0.25, 0.3) is 0 Å². The fourth-order valence-corrected chi connectivity index (χ4v) is 1.76. The first-order chi connectivity index (χ1) is 7.24. The van der Waals surface area contributed by atoms with E-state index in [9.17, 15) is 5.11 Å². The monoisotopic (exact) mass is 202 g/mol. The first kappa shape index (κ1) is 9.96. The Kier molecular flexibility index (Phi) is 2.58. The Morgan fingerprint density at radius 1 is 1.07 bits per heavy atom. The molecule has 2 rings (SSSR count). The lowest BCUT2D eigenvalue weighted by molar-refractivity contribution is 0.481. The molecule has 0 bridgehead atoms. The molecule has 0 spiro atoms. The van der Waals surface area contributed by atoms with Gasteiger partial charge in [0.1, 0.15) is 5.75 Å². The van der Waals surface area contributed by atoms with Crippen molar-refractivity contribution in [2.45, 2.75) is 6.04 Å². The second-order valence-electron chi connectivity index (χ2n) is 3.56. The second-order valence-corrected chi connectivity index (χ2v) is 3.56. The van der Waals surface area contributed by atoms with Crippen LogP contribution < -0.4 is 11.5 Å². The van der Waals surface area contributed by atoms with E-state index in [0.29, 0.717) is 6.54 Å². The van der Waals surface area contributed by atoms with Crippen molar-refractivity contribution in [3.63, 3.8) is 0 Å². The molecule has 0 aliphatic heterocycles. The number of phenolic OH excluding ortho intramolecular Hbond substituents is 1. The fraction of sp³-hybridized carbons (Fsp3) is 0.167. The predicted molar refractivity (Wildman–Crippen MR) is 61.6 cm³/mol. The minimum atomic E-state index is -0.185. The molecule has 0 unspecified atom stereocenters. The van der Waals surface area contributed by atoms with Gasteiger partial charge in [0.15, 0.2) is 0 Å². The van der Waals surface area contributed by atoms with Crippen molar-refractivity contribution in [1.82, 2.24) is 0 Å². The van der Waals surface area contributed by atoms with E-state index in [4.69, 9.17) is 11.5 Å². The number of phenols is 1. The van der Waals surface area contributed by atoms with Crippen molar-refractivity contribution in [2.75, 3.05) is 6.54 Å². The number of benzene rings is 2. The Hall–Kier alpha value is -1.58. The van der Waals surface area contributed by atoms with E-state index in [-0.39, 0.29) is 11.8 Å². The van der Waals surface area contributed by atoms with Crippen LogP contribution in [0.2, 0.25) is 0 Å². The molecular weight excluding hydrogens is 188 g/mol. The normalized spacial score (nSPS) is 12.9. The Balaban J connectivity index is 2.71. The molecule has 2 aromatic rings. The van der Waals surface area contributed by atoms with Gasteiger partial charge < -0.3 is 16.6 Å². The highest BCUT2D eigenvalue weighted by atomic mass is 16.3. The average molecular weight is 202 g/mol. The van der Waals surface area contributed by atoms with Gasteiger partial charge in [0.2, 0.25) is 0 Å². The lowest BCUT2D eigenvalue weighted by Gasteiger charge is -2.13. The molecule has 0 radical (unpaired) electrons. The fourth-order valence-electron chi connectivity index (χ4n) is 1.76. The zero-order valence-electron chi connectivity index (χ0n) is 8.35. The number of fused-ring (bicyclic) bond motifs is 1. The molecule has 3 heteroatoms. The third-order valence-corrected chi connectivity index (χ3v) is 2.59. The molecule has 0 aliphatic rings. The van der Waals surface area contributed by atoms with E-state index in [1.54, 1.807) is 6.07 Å². The molecule has 15 heavy (non-hydrogen) atoms. The molecule has 0 saturated heterocycles. The first-order valence-electron chi connectivity index (χ1n) is 4.90. The summed E-state index contributed by atoms with van der Waals surface area (Å²) in [5, 5.41) is 11.5. The summed E-state index contributed by atoms with van der Waals surface area (Å²) in [6.07, 6.45) is 0. The van der Waals surface area contributed by atoms with Gasteiger partial charge in [-0.25, -0.2) is 0 Å². The van der Waals surface area contributed by atoms with Crippen LogP contribution in [0.3, 0.4) is 0 Å². The van der Waals surface area contributed by atoms with Gasteiger partial charge in [-0.3, -0.25) is 0 Å². The van der Waals surface area contributed by atoms with Gasteiger partial charge >= 0.3 is 0 Å². The van der Waals surface area contributed by atoms with E-state index in [0.717, 1.165) is 16.3 Å². The predicted octanol–water partition coefficient (Wildman–Crippen LogP) is 1.50. The Labute approximate surface area is 88.3 Å². The van der Waals surface area contributed by atoms with Crippen LogP contribution in [0.4, 0.5) is 0 Å². The zero-order chi connectivity index (χ0) is 10.8. The molecule has 78 valence electrons. The van der Waals surface area contributed by atoms with E-state index in [1.807, 2.05) is 30.3 Å². The SMILES string of the molecule is NC[C@@H](N)c1ccc(O)c2ccccc12. The Morgan fingerprint density at radius 3 is 2.40 bits per heavy atom. The minimum Gasteiger partial charge on any atom is -0.507 e. The summed E-state index contributed by atoms with van der Waals surface area (Å²) in [5.41, 5.74) is 12.4. The Morgan fingerprint density at radius 2 is 1.73 bits per heavy atom. The van der Waals surface area contributed by atoms with Crippen LogP contribution in [-0.4, -0.2) is 11.7 Å². The van der Waals surface area contributed by atoms with Gasteiger partial charge in [-0.05, 0) is 17.0 Å². The van der Waals surface area contributed by atoms with Crippen LogP contribution in [0, 0.1) is 0 Å². The molecule has 0 fully saturated rings. The summed E-state index contributed by atoms with van der Waals surface area (Å²) in [6, 6.07) is 10.9. The number of nitrogens with two attached hydrogens (primary N) is 2. The maximum atomic E-state index is 9.68. The van der Waals surface area contributed by atoms with Gasteiger partial charge in [0, 0.05) is 18.0 Å². The van der Waals surface area contributed by atoms with Gasteiger partial charge in [0.05, 0.1) is 0 Å². The van der Waals surface area contributed by atoms with Crippen LogP contribution in [0.25, 0.3) is 10.8 Å². The molecule has 0 amide bonds. The number of aromatic hydroxyl groups is 1.